The van der Waals surface area contributed by atoms with E-state index in [4.69, 9.17) is 0 Å². The summed E-state index contributed by atoms with van der Waals surface area (Å²) in [5.41, 5.74) is 3.80. The van der Waals surface area contributed by atoms with E-state index in [1.165, 1.54) is 23.2 Å². The highest BCUT2D eigenvalue weighted by Gasteiger charge is 2.19. The van der Waals surface area contributed by atoms with Gasteiger partial charge >= 0.3 is 0 Å². The molecule has 1 fully saturated rings. The highest BCUT2D eigenvalue weighted by atomic mass is 32.2. The number of aryl methyl sites for hydroxylation is 2. The largest absolute Gasteiger partial charge is 0.369 e. The van der Waals surface area contributed by atoms with E-state index in [9.17, 15) is 8.42 Å². The lowest BCUT2D eigenvalue weighted by Crippen LogP contribution is -2.47. The van der Waals surface area contributed by atoms with Crippen molar-refractivity contribution in [2.24, 2.45) is 0 Å². The molecule has 6 heteroatoms. The first-order chi connectivity index (χ1) is 14.1. The number of hydrogen-bond donors (Lipinski definition) is 1. The molecule has 0 amide bonds. The Labute approximate surface area is 174 Å². The average molecular weight is 414 g/mol. The van der Waals surface area contributed by atoms with E-state index in [-0.39, 0.29) is 0 Å². The molecule has 0 spiro atoms. The summed E-state index contributed by atoms with van der Waals surface area (Å²) in [6.07, 6.45) is 5.25. The van der Waals surface area contributed by atoms with Crippen LogP contribution in [0, 0.1) is 0 Å². The first-order valence-electron chi connectivity index (χ1n) is 10.8. The summed E-state index contributed by atoms with van der Waals surface area (Å²) in [5.74, 6) is 0. The number of nitrogens with one attached hydrogen (secondary N) is 1. The zero-order chi connectivity index (χ0) is 20.1. The van der Waals surface area contributed by atoms with Gasteiger partial charge in [0.1, 0.15) is 0 Å². The van der Waals surface area contributed by atoms with Crippen LogP contribution >= 0.6 is 0 Å². The van der Waals surface area contributed by atoms with Gasteiger partial charge in [0, 0.05) is 38.4 Å². The molecule has 0 radical (unpaired) electrons. The van der Waals surface area contributed by atoms with Crippen LogP contribution in [-0.2, 0) is 22.9 Å². The maximum atomic E-state index is 12.6. The lowest BCUT2D eigenvalue weighted by molar-refractivity contribution is 0.255. The fourth-order valence-corrected chi connectivity index (χ4v) is 5.46. The second kappa shape index (κ2) is 9.28. The fourth-order valence-electron chi connectivity index (χ4n) is 4.34. The molecule has 2 aromatic carbocycles. The number of piperazine rings is 1. The third kappa shape index (κ3) is 5.18. The Hall–Kier alpha value is -1.89. The van der Waals surface area contributed by atoms with E-state index in [1.54, 1.807) is 6.07 Å². The Bertz CT molecular complexity index is 907. The molecular weight excluding hydrogens is 382 g/mol. The molecule has 0 unspecified atom stereocenters. The molecule has 1 N–H and O–H groups in total. The molecule has 1 saturated heterocycles. The Balaban J connectivity index is 1.21. The summed E-state index contributed by atoms with van der Waals surface area (Å²) >= 11 is 0. The van der Waals surface area contributed by atoms with E-state index in [1.807, 2.05) is 18.2 Å². The molecule has 1 aliphatic heterocycles. The zero-order valence-electron chi connectivity index (χ0n) is 17.0. The van der Waals surface area contributed by atoms with E-state index in [2.05, 4.69) is 38.8 Å². The zero-order valence-corrected chi connectivity index (χ0v) is 17.8. The molecule has 156 valence electrons. The Kier molecular flexibility index (Phi) is 6.53. The van der Waals surface area contributed by atoms with Crippen LogP contribution in [0.15, 0.2) is 53.4 Å². The van der Waals surface area contributed by atoms with Crippen LogP contribution < -0.4 is 9.62 Å². The normalized spacial score (nSPS) is 17.9. The minimum Gasteiger partial charge on any atom is -0.369 e. The molecule has 2 aromatic rings. The van der Waals surface area contributed by atoms with Gasteiger partial charge in [-0.2, -0.15) is 0 Å². The molecule has 5 nitrogen and oxygen atoms in total. The summed E-state index contributed by atoms with van der Waals surface area (Å²) in [7, 11) is -3.42. The van der Waals surface area contributed by atoms with Crippen molar-refractivity contribution < 1.29 is 8.42 Å². The highest BCUT2D eigenvalue weighted by molar-refractivity contribution is 7.89. The van der Waals surface area contributed by atoms with Crippen LogP contribution in [0.3, 0.4) is 0 Å². The van der Waals surface area contributed by atoms with Gasteiger partial charge in [-0.15, -0.1) is 0 Å². The SMILES string of the molecule is O=S(=O)(NCCCN1CCN(c2ccccc2)CC1)c1ccc2c(c1)CCCC2. The summed E-state index contributed by atoms with van der Waals surface area (Å²) in [6.45, 7) is 5.49. The number of para-hydroxylation sites is 1. The van der Waals surface area contributed by atoms with Gasteiger partial charge in [0.2, 0.25) is 10.0 Å². The smallest absolute Gasteiger partial charge is 0.240 e. The van der Waals surface area contributed by atoms with Crippen molar-refractivity contribution in [1.29, 1.82) is 0 Å². The van der Waals surface area contributed by atoms with Gasteiger partial charge in [0.05, 0.1) is 4.90 Å². The van der Waals surface area contributed by atoms with Crippen molar-refractivity contribution in [1.82, 2.24) is 9.62 Å². The quantitative estimate of drug-likeness (QED) is 0.709. The van der Waals surface area contributed by atoms with Crippen LogP contribution in [0.2, 0.25) is 0 Å². The van der Waals surface area contributed by atoms with Crippen LogP contribution in [0.25, 0.3) is 0 Å². The number of anilines is 1. The number of fused-ring (bicyclic) bond motifs is 1. The van der Waals surface area contributed by atoms with Crippen LogP contribution in [0.4, 0.5) is 5.69 Å². The maximum Gasteiger partial charge on any atom is 0.240 e. The fraction of sp³-hybridized carbons (Fsp3) is 0.478. The predicted octanol–water partition coefficient (Wildman–Crippen LogP) is 3.06. The molecule has 29 heavy (non-hydrogen) atoms. The van der Waals surface area contributed by atoms with Crippen molar-refractivity contribution >= 4 is 15.7 Å². The average Bonchev–Trinajstić information content (AvgIpc) is 2.77. The van der Waals surface area contributed by atoms with Crippen LogP contribution in [-0.4, -0.2) is 52.6 Å². The molecule has 0 bridgehead atoms. The lowest BCUT2D eigenvalue weighted by atomic mass is 9.92. The number of sulfonamides is 1. The van der Waals surface area contributed by atoms with Gasteiger partial charge in [-0.05, 0) is 74.0 Å². The van der Waals surface area contributed by atoms with Gasteiger partial charge in [0.15, 0.2) is 0 Å². The number of rotatable bonds is 7. The van der Waals surface area contributed by atoms with Crippen molar-refractivity contribution in [3.05, 3.63) is 59.7 Å². The molecule has 2 aliphatic rings. The lowest BCUT2D eigenvalue weighted by Gasteiger charge is -2.36. The van der Waals surface area contributed by atoms with E-state index in [0.717, 1.165) is 58.4 Å². The van der Waals surface area contributed by atoms with E-state index in [0.29, 0.717) is 11.4 Å². The van der Waals surface area contributed by atoms with Gasteiger partial charge in [-0.3, -0.25) is 4.90 Å². The predicted molar refractivity (Wildman–Crippen MR) is 118 cm³/mol. The van der Waals surface area contributed by atoms with E-state index < -0.39 is 10.0 Å². The summed E-state index contributed by atoms with van der Waals surface area (Å²) < 4.78 is 28.1. The maximum absolute atomic E-state index is 12.6. The summed E-state index contributed by atoms with van der Waals surface area (Å²) in [4.78, 5) is 5.25. The molecule has 4 rings (SSSR count). The highest BCUT2D eigenvalue weighted by Crippen LogP contribution is 2.24. The number of benzene rings is 2. The van der Waals surface area contributed by atoms with Gasteiger partial charge in [-0.1, -0.05) is 24.3 Å². The Morgan fingerprint density at radius 3 is 2.34 bits per heavy atom. The molecule has 0 atom stereocenters. The second-order valence-corrected chi connectivity index (χ2v) is 9.82. The molecular formula is C23H31N3O2S. The third-order valence-corrected chi connectivity index (χ3v) is 7.53. The van der Waals surface area contributed by atoms with Crippen molar-refractivity contribution in [2.75, 3.05) is 44.2 Å². The Morgan fingerprint density at radius 1 is 0.862 bits per heavy atom. The van der Waals surface area contributed by atoms with Crippen molar-refractivity contribution in [3.8, 4) is 0 Å². The third-order valence-electron chi connectivity index (χ3n) is 6.07. The molecule has 0 saturated carbocycles. The minimum absolute atomic E-state index is 0.412. The van der Waals surface area contributed by atoms with Crippen molar-refractivity contribution in [2.45, 2.75) is 37.0 Å². The van der Waals surface area contributed by atoms with Gasteiger partial charge < -0.3 is 4.90 Å². The monoisotopic (exact) mass is 413 g/mol. The Morgan fingerprint density at radius 2 is 1.59 bits per heavy atom. The van der Waals surface area contributed by atoms with Crippen LogP contribution in [0.1, 0.15) is 30.4 Å². The number of nitrogens with zero attached hydrogens (tertiary/aromatic N) is 2. The molecule has 1 aliphatic carbocycles. The van der Waals surface area contributed by atoms with Crippen molar-refractivity contribution in [3.63, 3.8) is 0 Å². The minimum atomic E-state index is -3.42. The first kappa shape index (κ1) is 20.4. The topological polar surface area (TPSA) is 52.7 Å². The number of hydrogen-bond acceptors (Lipinski definition) is 4. The summed E-state index contributed by atoms with van der Waals surface area (Å²) in [6, 6.07) is 16.2. The molecule has 1 heterocycles. The summed E-state index contributed by atoms with van der Waals surface area (Å²) in [5, 5.41) is 0. The van der Waals surface area contributed by atoms with Gasteiger partial charge in [-0.25, -0.2) is 13.1 Å². The van der Waals surface area contributed by atoms with Gasteiger partial charge in [0.25, 0.3) is 0 Å². The van der Waals surface area contributed by atoms with Crippen LogP contribution in [0.5, 0.6) is 0 Å². The second-order valence-electron chi connectivity index (χ2n) is 8.05. The standard InChI is InChI=1S/C23H31N3O2S/c27-29(28,23-12-11-20-7-4-5-8-21(20)19-23)24-13-6-14-25-15-17-26(18-16-25)22-9-2-1-3-10-22/h1-3,9-12,19,24H,4-8,13-18H2. The molecule has 0 aromatic heterocycles. The first-order valence-corrected chi connectivity index (χ1v) is 12.2. The van der Waals surface area contributed by atoms with E-state index >= 15 is 0 Å².